The second-order valence-corrected chi connectivity index (χ2v) is 4.41. The molecule has 0 aliphatic heterocycles. The molecule has 2 aromatic heterocycles. The number of rotatable bonds is 3. The quantitative estimate of drug-likeness (QED) is 0.790. The summed E-state index contributed by atoms with van der Waals surface area (Å²) in [5, 5.41) is 16.0. The predicted molar refractivity (Wildman–Crippen MR) is 75.2 cm³/mol. The van der Waals surface area contributed by atoms with E-state index in [0.717, 1.165) is 5.56 Å². The van der Waals surface area contributed by atoms with Gasteiger partial charge in [0.15, 0.2) is 0 Å². The van der Waals surface area contributed by atoms with Gasteiger partial charge in [0.1, 0.15) is 6.04 Å². The zero-order valence-corrected chi connectivity index (χ0v) is 11.0. The normalized spacial score (nSPS) is 11.8. The van der Waals surface area contributed by atoms with Crippen LogP contribution in [0.5, 0.6) is 0 Å². The van der Waals surface area contributed by atoms with Crippen molar-refractivity contribution in [3.05, 3.63) is 66.2 Å². The van der Waals surface area contributed by atoms with Gasteiger partial charge < -0.3 is 5.32 Å². The van der Waals surface area contributed by atoms with Crippen LogP contribution in [0.15, 0.2) is 55.1 Å². The van der Waals surface area contributed by atoms with Crippen molar-refractivity contribution in [2.24, 2.45) is 0 Å². The number of benzene rings is 1. The predicted octanol–water partition coefficient (Wildman–Crippen LogP) is 1.72. The van der Waals surface area contributed by atoms with Crippen LogP contribution in [0, 0.1) is 11.3 Å². The minimum Gasteiger partial charge on any atom is -0.332 e. The van der Waals surface area contributed by atoms with Crippen LogP contribution < -0.4 is 5.32 Å². The van der Waals surface area contributed by atoms with Crippen molar-refractivity contribution in [3.63, 3.8) is 0 Å². The number of fused-ring (bicyclic) bond motifs is 1. The number of amides is 1. The largest absolute Gasteiger partial charge is 0.332 e. The van der Waals surface area contributed by atoms with Gasteiger partial charge in [-0.15, -0.1) is 0 Å². The first-order valence-electron chi connectivity index (χ1n) is 6.32. The fourth-order valence-electron chi connectivity index (χ4n) is 2.05. The van der Waals surface area contributed by atoms with Crippen molar-refractivity contribution < 1.29 is 4.79 Å². The number of nitriles is 1. The van der Waals surface area contributed by atoms with Crippen molar-refractivity contribution in [2.45, 2.75) is 6.04 Å². The van der Waals surface area contributed by atoms with Gasteiger partial charge in [0, 0.05) is 12.4 Å². The fourth-order valence-corrected chi connectivity index (χ4v) is 2.05. The summed E-state index contributed by atoms with van der Waals surface area (Å²) in [6.07, 6.45) is 6.27. The van der Waals surface area contributed by atoms with E-state index >= 15 is 0 Å². The Labute approximate surface area is 120 Å². The number of nitrogens with one attached hydrogen (secondary N) is 1. The Balaban J connectivity index is 1.88. The van der Waals surface area contributed by atoms with Gasteiger partial charge in [-0.05, 0) is 5.56 Å². The third-order valence-corrected chi connectivity index (χ3v) is 3.11. The lowest BCUT2D eigenvalue weighted by atomic mass is 10.1. The summed E-state index contributed by atoms with van der Waals surface area (Å²) in [6, 6.07) is 10.5. The molecule has 6 heteroatoms. The van der Waals surface area contributed by atoms with E-state index in [1.54, 1.807) is 35.2 Å². The summed E-state index contributed by atoms with van der Waals surface area (Å²) >= 11 is 0. The topological polar surface area (TPSA) is 83.1 Å². The second-order valence-electron chi connectivity index (χ2n) is 4.41. The summed E-state index contributed by atoms with van der Waals surface area (Å²) in [4.78, 5) is 16.3. The molecule has 1 unspecified atom stereocenters. The maximum atomic E-state index is 12.3. The van der Waals surface area contributed by atoms with E-state index in [1.807, 2.05) is 18.2 Å². The molecule has 6 nitrogen and oxygen atoms in total. The molecule has 21 heavy (non-hydrogen) atoms. The molecule has 1 aromatic carbocycles. The lowest BCUT2D eigenvalue weighted by Gasteiger charge is -2.11. The monoisotopic (exact) mass is 277 g/mol. The smallest absolute Gasteiger partial charge is 0.256 e. The van der Waals surface area contributed by atoms with E-state index in [4.69, 9.17) is 0 Å². The van der Waals surface area contributed by atoms with Gasteiger partial charge in [0.05, 0.1) is 29.5 Å². The van der Waals surface area contributed by atoms with Crippen LogP contribution >= 0.6 is 0 Å². The van der Waals surface area contributed by atoms with Crippen LogP contribution in [-0.2, 0) is 0 Å². The lowest BCUT2D eigenvalue weighted by Crippen LogP contribution is -2.27. The van der Waals surface area contributed by atoms with Crippen molar-refractivity contribution in [1.29, 1.82) is 5.26 Å². The Morgan fingerprint density at radius 1 is 1.29 bits per heavy atom. The highest BCUT2D eigenvalue weighted by molar-refractivity contribution is 6.00. The fraction of sp³-hybridized carbons (Fsp3) is 0.0667. The average molecular weight is 277 g/mol. The van der Waals surface area contributed by atoms with Gasteiger partial charge in [0.2, 0.25) is 0 Å². The molecule has 0 saturated heterocycles. The number of hydrogen-bond acceptors (Lipinski definition) is 4. The Morgan fingerprint density at radius 2 is 2.10 bits per heavy atom. The van der Waals surface area contributed by atoms with E-state index in [2.05, 4.69) is 21.5 Å². The Morgan fingerprint density at radius 3 is 2.86 bits per heavy atom. The van der Waals surface area contributed by atoms with Crippen LogP contribution in [0.4, 0.5) is 0 Å². The van der Waals surface area contributed by atoms with Gasteiger partial charge in [-0.1, -0.05) is 30.3 Å². The van der Waals surface area contributed by atoms with E-state index in [0.29, 0.717) is 11.1 Å². The van der Waals surface area contributed by atoms with Gasteiger partial charge in [0.25, 0.3) is 5.91 Å². The molecule has 2 heterocycles. The molecule has 1 atom stereocenters. The highest BCUT2D eigenvalue weighted by atomic mass is 16.1. The van der Waals surface area contributed by atoms with Gasteiger partial charge in [-0.25, -0.2) is 4.52 Å². The van der Waals surface area contributed by atoms with Gasteiger partial charge in [-0.3, -0.25) is 9.78 Å². The molecule has 0 saturated carbocycles. The highest BCUT2D eigenvalue weighted by Crippen LogP contribution is 2.14. The summed E-state index contributed by atoms with van der Waals surface area (Å²) in [5.41, 5.74) is 1.72. The molecule has 0 spiro atoms. The summed E-state index contributed by atoms with van der Waals surface area (Å²) in [7, 11) is 0. The molecular weight excluding hydrogens is 266 g/mol. The Kier molecular flexibility index (Phi) is 3.31. The van der Waals surface area contributed by atoms with Crippen LogP contribution in [0.3, 0.4) is 0 Å². The van der Waals surface area contributed by atoms with Gasteiger partial charge in [-0.2, -0.15) is 10.4 Å². The minimum atomic E-state index is -0.703. The molecule has 3 aromatic rings. The molecule has 0 fully saturated rings. The third-order valence-electron chi connectivity index (χ3n) is 3.11. The molecule has 0 bridgehead atoms. The van der Waals surface area contributed by atoms with Gasteiger partial charge >= 0.3 is 0 Å². The van der Waals surface area contributed by atoms with Crippen molar-refractivity contribution >= 4 is 11.4 Å². The molecule has 0 aliphatic carbocycles. The summed E-state index contributed by atoms with van der Waals surface area (Å²) in [5.74, 6) is -0.353. The molecular formula is C15H11N5O. The maximum Gasteiger partial charge on any atom is 0.256 e. The number of carbonyl (C=O) groups is 1. The van der Waals surface area contributed by atoms with Crippen molar-refractivity contribution in [1.82, 2.24) is 19.9 Å². The lowest BCUT2D eigenvalue weighted by molar-refractivity contribution is 0.0947. The average Bonchev–Trinajstić information content (AvgIpc) is 2.97. The highest BCUT2D eigenvalue weighted by Gasteiger charge is 2.18. The molecule has 3 rings (SSSR count). The molecule has 1 amide bonds. The second kappa shape index (κ2) is 5.43. The Bertz CT molecular complexity index is 819. The number of hydrogen-bond donors (Lipinski definition) is 1. The molecule has 102 valence electrons. The van der Waals surface area contributed by atoms with Crippen LogP contribution in [0.25, 0.3) is 5.52 Å². The summed E-state index contributed by atoms with van der Waals surface area (Å²) in [6.45, 7) is 0. The number of aromatic nitrogens is 3. The van der Waals surface area contributed by atoms with E-state index in [9.17, 15) is 10.1 Å². The molecule has 1 N–H and O–H groups in total. The van der Waals surface area contributed by atoms with Crippen LogP contribution in [0.1, 0.15) is 22.0 Å². The van der Waals surface area contributed by atoms with Crippen LogP contribution in [-0.4, -0.2) is 20.5 Å². The first-order chi connectivity index (χ1) is 10.3. The molecule has 0 aliphatic rings. The SMILES string of the molecule is N#CC(NC(=O)c1cnn2ccncc12)c1ccccc1. The zero-order valence-electron chi connectivity index (χ0n) is 11.0. The standard InChI is InChI=1S/C15H11N5O/c16-8-13(11-4-2-1-3-5-11)19-15(21)12-9-18-20-7-6-17-10-14(12)20/h1-7,9-10,13H,(H,19,21). The van der Waals surface area contributed by atoms with E-state index in [1.165, 1.54) is 6.20 Å². The zero-order chi connectivity index (χ0) is 14.7. The maximum absolute atomic E-state index is 12.3. The number of carbonyl (C=O) groups excluding carboxylic acids is 1. The Hall–Kier alpha value is -3.20. The minimum absolute atomic E-state index is 0.353. The first-order valence-corrected chi connectivity index (χ1v) is 6.32. The van der Waals surface area contributed by atoms with Crippen molar-refractivity contribution in [2.75, 3.05) is 0 Å². The van der Waals surface area contributed by atoms with E-state index < -0.39 is 6.04 Å². The summed E-state index contributed by atoms with van der Waals surface area (Å²) < 4.78 is 1.56. The van der Waals surface area contributed by atoms with E-state index in [-0.39, 0.29) is 5.91 Å². The third kappa shape index (κ3) is 2.44. The first kappa shape index (κ1) is 12.8. The number of nitrogens with zero attached hydrogens (tertiary/aromatic N) is 4. The van der Waals surface area contributed by atoms with Crippen LogP contribution in [0.2, 0.25) is 0 Å². The molecule has 0 radical (unpaired) electrons. The van der Waals surface area contributed by atoms with Crippen molar-refractivity contribution in [3.8, 4) is 6.07 Å².